The highest BCUT2D eigenvalue weighted by atomic mass is 32.2. The molecule has 34 heteroatoms. The molecule has 20 N–H and O–H groups in total. The molecule has 3 heterocycles. The number of aliphatic hydroxyl groups is 1. The summed E-state index contributed by atoms with van der Waals surface area (Å²) in [5, 5.41) is 64.4. The summed E-state index contributed by atoms with van der Waals surface area (Å²) in [4.78, 5) is 201. The average molecular weight is 1490 g/mol. The zero-order chi connectivity index (χ0) is 77.9. The minimum absolute atomic E-state index is 0.00164. The largest absolute Gasteiger partial charge is 0.508 e. The normalized spacial score (nSPS) is 17.8. The number of hydrogen-bond donors (Lipinski definition) is 17. The van der Waals surface area contributed by atoms with Crippen molar-refractivity contribution in [3.8, 4) is 5.75 Å². The predicted molar refractivity (Wildman–Crippen MR) is 388 cm³/mol. The molecule has 2 fully saturated rings. The van der Waals surface area contributed by atoms with Crippen LogP contribution in [0.5, 0.6) is 5.75 Å². The molecular formula is C71H107N15O18S. The van der Waals surface area contributed by atoms with Gasteiger partial charge >= 0.3 is 11.9 Å². The fourth-order valence-corrected chi connectivity index (χ4v) is 13.0. The summed E-state index contributed by atoms with van der Waals surface area (Å²) in [5.41, 5.74) is 18.7. The average Bonchev–Trinajstić information content (AvgIpc) is 1.73. The van der Waals surface area contributed by atoms with Gasteiger partial charge in [-0.3, -0.25) is 62.3 Å². The third-order valence-corrected chi connectivity index (χ3v) is 19.2. The smallest absolute Gasteiger partial charge is 0.326 e. The molecule has 2 aliphatic rings. The Hall–Kier alpha value is -9.41. The molecule has 3 aromatic rings. The van der Waals surface area contributed by atoms with E-state index in [1.165, 1.54) is 47.9 Å². The molecule has 580 valence electrons. The van der Waals surface area contributed by atoms with Gasteiger partial charge in [-0.05, 0) is 137 Å². The number of likely N-dealkylation sites (tertiary alicyclic amines) is 2. The zero-order valence-corrected chi connectivity index (χ0v) is 61.7. The monoisotopic (exact) mass is 1490 g/mol. The molecule has 2 aliphatic heterocycles. The van der Waals surface area contributed by atoms with Crippen LogP contribution in [0.25, 0.3) is 10.9 Å². The number of carboxylic acid groups (broad SMARTS) is 2. The molecule has 0 aliphatic carbocycles. The Morgan fingerprint density at radius 3 is 1.65 bits per heavy atom. The number of primary amides is 1. The number of carbonyl (C=O) groups is 14. The Bertz CT molecular complexity index is 3520. The van der Waals surface area contributed by atoms with E-state index < -0.39 is 180 Å². The van der Waals surface area contributed by atoms with Crippen molar-refractivity contribution in [3.05, 3.63) is 65.9 Å². The summed E-state index contributed by atoms with van der Waals surface area (Å²) >= 11 is 1.34. The number of unbranched alkanes of at least 4 members (excludes halogenated alkanes) is 1. The van der Waals surface area contributed by atoms with Gasteiger partial charge in [0.2, 0.25) is 70.9 Å². The number of hydrogen-bond acceptors (Lipinski definition) is 19. The molecule has 1 aromatic heterocycles. The highest BCUT2D eigenvalue weighted by molar-refractivity contribution is 7.98. The summed E-state index contributed by atoms with van der Waals surface area (Å²) in [6.07, 6.45) is 1.86. The Balaban J connectivity index is 1.40. The van der Waals surface area contributed by atoms with Gasteiger partial charge in [0.1, 0.15) is 78.3 Å². The van der Waals surface area contributed by atoms with Crippen molar-refractivity contribution in [1.82, 2.24) is 62.6 Å². The Labute approximate surface area is 614 Å². The maximum atomic E-state index is 15.0. The van der Waals surface area contributed by atoms with Crippen LogP contribution in [0.1, 0.15) is 143 Å². The first-order valence-corrected chi connectivity index (χ1v) is 37.1. The summed E-state index contributed by atoms with van der Waals surface area (Å²) in [5.74, 6) is -14.3. The number of fused-ring (bicyclic) bond motifs is 1. The first kappa shape index (κ1) is 86.2. The van der Waals surface area contributed by atoms with Crippen molar-refractivity contribution < 1.29 is 87.5 Å². The van der Waals surface area contributed by atoms with Crippen molar-refractivity contribution in [2.45, 2.75) is 223 Å². The zero-order valence-electron chi connectivity index (χ0n) is 60.9. The van der Waals surface area contributed by atoms with Gasteiger partial charge < -0.3 is 100 Å². The number of phenols is 1. The van der Waals surface area contributed by atoms with Crippen LogP contribution in [0.15, 0.2) is 54.7 Å². The highest BCUT2D eigenvalue weighted by Gasteiger charge is 2.44. The van der Waals surface area contributed by atoms with E-state index in [0.29, 0.717) is 53.5 Å². The summed E-state index contributed by atoms with van der Waals surface area (Å²) < 4.78 is 0. The summed E-state index contributed by atoms with van der Waals surface area (Å²) in [7, 11) is 0. The van der Waals surface area contributed by atoms with E-state index in [4.69, 9.17) is 17.2 Å². The van der Waals surface area contributed by atoms with E-state index in [1.807, 2.05) is 0 Å². The molecule has 0 saturated carbocycles. The van der Waals surface area contributed by atoms with E-state index in [9.17, 15) is 82.8 Å². The van der Waals surface area contributed by atoms with Crippen LogP contribution in [0, 0.1) is 17.8 Å². The number of thioether (sulfide) groups is 1. The lowest BCUT2D eigenvalue weighted by Crippen LogP contribution is -2.61. The van der Waals surface area contributed by atoms with Crippen LogP contribution in [-0.4, -0.2) is 228 Å². The van der Waals surface area contributed by atoms with Crippen LogP contribution >= 0.6 is 11.8 Å². The maximum Gasteiger partial charge on any atom is 0.326 e. The number of aliphatic carboxylic acids is 2. The standard InChI is InChI=1S/C71H107N15O18S/c1-9-39(6)59(70(102)86-28-15-20-55(86)71(103)104)84-66(98)52(35-57(90)91)81-64(96)50(33-42-36-75-45-17-11-10-16-44(42)45)80-60(92)46(18-12-13-26-72)77-67(99)54-19-14-27-85(54)69(101)53(31-38(4)5)83-61(93)47(25-29-105-8)76-63(95)49(32-41-21-23-43(88)24-22-41)79-62(94)48(30-37(2)3)78-65(97)51(34-56(73)89)82-68(100)58(74)40(7)87/h10-11,16-17,21-24,36-40,46-55,58-59,75,87-88H,9,12-15,18-20,25-35,72,74H2,1-8H3,(H2,73,89)(H,76,95)(H,77,99)(H,78,97)(H,79,94)(H,80,92)(H,81,96)(H,82,100)(H,83,93)(H,84,98)(H,90,91)(H,103,104)/t39-,40+,46-,47-,48-,49-,50-,51-,52-,53-,54-,55-,58-,59-/m0/s1. The van der Waals surface area contributed by atoms with Crippen molar-refractivity contribution in [2.75, 3.05) is 31.6 Å². The SMILES string of the molecule is CC[C@H](C)[C@H](NC(=O)[C@H](CC(=O)O)NC(=O)[C@H](Cc1c[nH]c2ccccc12)NC(=O)[C@H](CCCCN)NC(=O)[C@@H]1CCCN1C(=O)[C@H](CC(C)C)NC(=O)[C@H](CCSC)NC(=O)[C@H](Cc1ccc(O)cc1)NC(=O)[C@H](CC(C)C)NC(=O)[C@H](CC(N)=O)NC(=O)[C@@H](N)[C@@H](C)O)C(=O)N1CCC[C@H]1C(=O)O. The number of aromatic amines is 1. The lowest BCUT2D eigenvalue weighted by Gasteiger charge is -2.32. The van der Waals surface area contributed by atoms with Crippen LogP contribution in [-0.2, 0) is 80.0 Å². The number of carboxylic acids is 2. The number of nitrogens with zero attached hydrogens (tertiary/aromatic N) is 2. The summed E-state index contributed by atoms with van der Waals surface area (Å²) in [6, 6.07) is -4.36. The fraction of sp³-hybridized carbons (Fsp3) is 0.606. The van der Waals surface area contributed by atoms with E-state index in [2.05, 4.69) is 52.8 Å². The maximum absolute atomic E-state index is 15.0. The molecule has 0 unspecified atom stereocenters. The minimum atomic E-state index is -1.83. The number of H-pyrrole nitrogens is 1. The van der Waals surface area contributed by atoms with Crippen molar-refractivity contribution in [1.29, 1.82) is 0 Å². The number of aromatic nitrogens is 1. The number of nitrogens with one attached hydrogen (secondary N) is 10. The quantitative estimate of drug-likeness (QED) is 0.0307. The van der Waals surface area contributed by atoms with E-state index in [0.717, 1.165) is 4.90 Å². The molecule has 2 aromatic carbocycles. The molecule has 0 bridgehead atoms. The number of benzene rings is 2. The highest BCUT2D eigenvalue weighted by Crippen LogP contribution is 2.25. The van der Waals surface area contributed by atoms with Crippen molar-refractivity contribution >= 4 is 105 Å². The van der Waals surface area contributed by atoms with Gasteiger partial charge in [-0.15, -0.1) is 0 Å². The molecule has 14 atom stereocenters. The van der Waals surface area contributed by atoms with Gasteiger partial charge in [-0.1, -0.05) is 78.3 Å². The second-order valence-corrected chi connectivity index (χ2v) is 28.9. The molecule has 0 spiro atoms. The predicted octanol–water partition coefficient (Wildman–Crippen LogP) is -0.833. The number of rotatable bonds is 43. The Kier molecular flexibility index (Phi) is 34.4. The van der Waals surface area contributed by atoms with Gasteiger partial charge in [0.15, 0.2) is 0 Å². The van der Waals surface area contributed by atoms with Gasteiger partial charge in [0.25, 0.3) is 0 Å². The molecule has 105 heavy (non-hydrogen) atoms. The number of aromatic hydroxyl groups is 1. The number of amides is 12. The van der Waals surface area contributed by atoms with Crippen LogP contribution in [0.3, 0.4) is 0 Å². The second-order valence-electron chi connectivity index (χ2n) is 27.9. The van der Waals surface area contributed by atoms with E-state index in [1.54, 1.807) is 78.3 Å². The Morgan fingerprint density at radius 2 is 1.08 bits per heavy atom. The molecule has 12 amide bonds. The van der Waals surface area contributed by atoms with Gasteiger partial charge in [-0.2, -0.15) is 11.8 Å². The van der Waals surface area contributed by atoms with Crippen molar-refractivity contribution in [3.63, 3.8) is 0 Å². The number of aliphatic hydroxyl groups excluding tert-OH is 1. The Morgan fingerprint density at radius 1 is 0.581 bits per heavy atom. The first-order chi connectivity index (χ1) is 49.7. The molecule has 5 rings (SSSR count). The third-order valence-electron chi connectivity index (χ3n) is 18.5. The number of para-hydroxylation sites is 1. The summed E-state index contributed by atoms with van der Waals surface area (Å²) in [6.45, 7) is 12.1. The van der Waals surface area contributed by atoms with E-state index >= 15 is 4.79 Å². The molecule has 33 nitrogen and oxygen atoms in total. The van der Waals surface area contributed by atoms with Gasteiger partial charge in [-0.25, -0.2) is 4.79 Å². The second kappa shape index (κ2) is 41.9. The fourth-order valence-electron chi connectivity index (χ4n) is 12.6. The van der Waals surface area contributed by atoms with Crippen molar-refractivity contribution in [2.24, 2.45) is 35.0 Å². The lowest BCUT2D eigenvalue weighted by atomic mass is 9.96. The molecule has 2 saturated heterocycles. The van der Waals surface area contributed by atoms with E-state index in [-0.39, 0.29) is 95.0 Å². The lowest BCUT2D eigenvalue weighted by molar-refractivity contribution is -0.150. The number of nitrogens with two attached hydrogens (primary N) is 3. The van der Waals surface area contributed by atoms with Crippen LogP contribution in [0.4, 0.5) is 0 Å². The van der Waals surface area contributed by atoms with Crippen LogP contribution in [0.2, 0.25) is 0 Å². The topological polar surface area (TPSA) is 528 Å². The number of phenolic OH excluding ortho intramolecular Hbond substituents is 1. The molecule has 0 radical (unpaired) electrons. The first-order valence-electron chi connectivity index (χ1n) is 35.7. The van der Waals surface area contributed by atoms with Gasteiger partial charge in [0.05, 0.1) is 18.9 Å². The van der Waals surface area contributed by atoms with Gasteiger partial charge in [0, 0.05) is 43.0 Å². The molecular weight excluding hydrogens is 1380 g/mol. The minimum Gasteiger partial charge on any atom is -0.508 e. The van der Waals surface area contributed by atoms with Crippen LogP contribution < -0.4 is 65.1 Å². The third kappa shape index (κ3) is 26.3. The number of carbonyl (C=O) groups excluding carboxylic acids is 12.